The number of nitrogens with one attached hydrogen (secondary N) is 1. The lowest BCUT2D eigenvalue weighted by Crippen LogP contribution is -2.01. The first-order valence-corrected chi connectivity index (χ1v) is 7.14. The Morgan fingerprint density at radius 2 is 1.76 bits per heavy atom. The summed E-state index contributed by atoms with van der Waals surface area (Å²) in [7, 11) is 0. The van der Waals surface area contributed by atoms with Gasteiger partial charge in [0.15, 0.2) is 0 Å². The van der Waals surface area contributed by atoms with E-state index in [0.717, 1.165) is 35.2 Å². The second kappa shape index (κ2) is 5.79. The van der Waals surface area contributed by atoms with Crippen LogP contribution in [0.3, 0.4) is 0 Å². The third-order valence-electron chi connectivity index (χ3n) is 3.38. The smallest absolute Gasteiger partial charge is 0.222 e. The van der Waals surface area contributed by atoms with E-state index < -0.39 is 0 Å². The van der Waals surface area contributed by atoms with Crippen molar-refractivity contribution in [3.05, 3.63) is 54.1 Å². The molecule has 3 rings (SSSR count). The van der Waals surface area contributed by atoms with Gasteiger partial charge in [-0.3, -0.25) is 0 Å². The van der Waals surface area contributed by atoms with Crippen LogP contribution in [0.5, 0.6) is 0 Å². The SMILES string of the molecule is CCCc1ccc(Nc2nc(N)nc3ccccc23)cc1. The van der Waals surface area contributed by atoms with Gasteiger partial charge in [-0.1, -0.05) is 37.6 Å². The molecule has 4 heteroatoms. The second-order valence-electron chi connectivity index (χ2n) is 5.02. The maximum absolute atomic E-state index is 5.78. The average molecular weight is 278 g/mol. The van der Waals surface area contributed by atoms with E-state index in [0.29, 0.717) is 0 Å². The van der Waals surface area contributed by atoms with E-state index in [1.54, 1.807) is 0 Å². The largest absolute Gasteiger partial charge is 0.368 e. The lowest BCUT2D eigenvalue weighted by atomic mass is 10.1. The van der Waals surface area contributed by atoms with Gasteiger partial charge >= 0.3 is 0 Å². The Kier molecular flexibility index (Phi) is 3.69. The number of hydrogen-bond acceptors (Lipinski definition) is 4. The first-order chi connectivity index (χ1) is 10.3. The zero-order valence-electron chi connectivity index (χ0n) is 12.0. The summed E-state index contributed by atoms with van der Waals surface area (Å²) in [6.07, 6.45) is 2.25. The van der Waals surface area contributed by atoms with Gasteiger partial charge in [-0.25, -0.2) is 4.98 Å². The van der Waals surface area contributed by atoms with E-state index in [-0.39, 0.29) is 5.95 Å². The Bertz CT molecular complexity index is 750. The van der Waals surface area contributed by atoms with E-state index >= 15 is 0 Å². The summed E-state index contributed by atoms with van der Waals surface area (Å²) >= 11 is 0. The van der Waals surface area contributed by atoms with Crippen molar-refractivity contribution in [2.75, 3.05) is 11.1 Å². The van der Waals surface area contributed by atoms with Gasteiger partial charge in [0.05, 0.1) is 5.52 Å². The molecular formula is C17H18N4. The fourth-order valence-corrected chi connectivity index (χ4v) is 2.37. The number of aromatic nitrogens is 2. The fraction of sp³-hybridized carbons (Fsp3) is 0.176. The third-order valence-corrected chi connectivity index (χ3v) is 3.38. The zero-order valence-corrected chi connectivity index (χ0v) is 12.0. The summed E-state index contributed by atoms with van der Waals surface area (Å²) in [4.78, 5) is 8.55. The van der Waals surface area contributed by atoms with Gasteiger partial charge in [-0.2, -0.15) is 4.98 Å². The summed E-state index contributed by atoms with van der Waals surface area (Å²) in [6, 6.07) is 16.2. The Morgan fingerprint density at radius 3 is 2.52 bits per heavy atom. The topological polar surface area (TPSA) is 63.8 Å². The number of nitrogen functional groups attached to an aromatic ring is 1. The number of anilines is 3. The minimum atomic E-state index is 0.277. The highest BCUT2D eigenvalue weighted by atomic mass is 15.1. The van der Waals surface area contributed by atoms with E-state index in [1.165, 1.54) is 5.56 Å². The molecule has 0 amide bonds. The first-order valence-electron chi connectivity index (χ1n) is 7.14. The van der Waals surface area contributed by atoms with Crippen molar-refractivity contribution in [2.45, 2.75) is 19.8 Å². The fourth-order valence-electron chi connectivity index (χ4n) is 2.37. The molecule has 0 atom stereocenters. The molecule has 0 aliphatic carbocycles. The number of benzene rings is 2. The van der Waals surface area contributed by atoms with Gasteiger partial charge in [0.2, 0.25) is 5.95 Å². The molecule has 0 bridgehead atoms. The number of nitrogens with zero attached hydrogens (tertiary/aromatic N) is 2. The van der Waals surface area contributed by atoms with Crippen molar-refractivity contribution in [1.29, 1.82) is 0 Å². The van der Waals surface area contributed by atoms with Crippen LogP contribution in [0.25, 0.3) is 10.9 Å². The van der Waals surface area contributed by atoms with Gasteiger partial charge in [0.1, 0.15) is 5.82 Å². The summed E-state index contributed by atoms with van der Waals surface area (Å²) in [5, 5.41) is 4.29. The van der Waals surface area contributed by atoms with Crippen molar-refractivity contribution in [2.24, 2.45) is 0 Å². The van der Waals surface area contributed by atoms with Crippen molar-refractivity contribution in [1.82, 2.24) is 9.97 Å². The first kappa shape index (κ1) is 13.4. The molecule has 0 aliphatic rings. The van der Waals surface area contributed by atoms with Crippen LogP contribution in [0.4, 0.5) is 17.5 Å². The molecule has 1 heterocycles. The van der Waals surface area contributed by atoms with Gasteiger partial charge in [0.25, 0.3) is 0 Å². The van der Waals surface area contributed by atoms with Crippen molar-refractivity contribution < 1.29 is 0 Å². The molecule has 4 nitrogen and oxygen atoms in total. The second-order valence-corrected chi connectivity index (χ2v) is 5.02. The summed E-state index contributed by atoms with van der Waals surface area (Å²) in [5.41, 5.74) is 8.96. The van der Waals surface area contributed by atoms with Crippen LogP contribution in [0.1, 0.15) is 18.9 Å². The van der Waals surface area contributed by atoms with E-state index in [1.807, 2.05) is 24.3 Å². The molecule has 0 saturated heterocycles. The Balaban J connectivity index is 1.94. The van der Waals surface area contributed by atoms with Crippen LogP contribution in [0.2, 0.25) is 0 Å². The highest BCUT2D eigenvalue weighted by Gasteiger charge is 2.06. The predicted molar refractivity (Wildman–Crippen MR) is 87.7 cm³/mol. The Morgan fingerprint density at radius 1 is 1.00 bits per heavy atom. The summed E-state index contributed by atoms with van der Waals surface area (Å²) < 4.78 is 0. The molecule has 106 valence electrons. The molecule has 1 aromatic heterocycles. The number of aryl methyl sites for hydroxylation is 1. The van der Waals surface area contributed by atoms with Crippen LogP contribution in [0.15, 0.2) is 48.5 Å². The molecule has 0 fully saturated rings. The molecule has 0 unspecified atom stereocenters. The predicted octanol–water partition coefficient (Wildman–Crippen LogP) is 3.91. The van der Waals surface area contributed by atoms with Gasteiger partial charge in [0, 0.05) is 11.1 Å². The highest BCUT2D eigenvalue weighted by molar-refractivity contribution is 5.91. The van der Waals surface area contributed by atoms with E-state index in [2.05, 4.69) is 46.5 Å². The zero-order chi connectivity index (χ0) is 14.7. The minimum absolute atomic E-state index is 0.277. The minimum Gasteiger partial charge on any atom is -0.368 e. The Labute approximate surface area is 124 Å². The number of nitrogens with two attached hydrogens (primary N) is 1. The van der Waals surface area contributed by atoms with Crippen LogP contribution >= 0.6 is 0 Å². The van der Waals surface area contributed by atoms with Gasteiger partial charge in [-0.05, 0) is 36.2 Å². The number of rotatable bonds is 4. The monoisotopic (exact) mass is 278 g/mol. The van der Waals surface area contributed by atoms with E-state index in [9.17, 15) is 0 Å². The number of para-hydroxylation sites is 1. The summed E-state index contributed by atoms with van der Waals surface area (Å²) in [5.74, 6) is 1.01. The van der Waals surface area contributed by atoms with Crippen molar-refractivity contribution >= 4 is 28.4 Å². The van der Waals surface area contributed by atoms with E-state index in [4.69, 9.17) is 5.73 Å². The van der Waals surface area contributed by atoms with Crippen molar-refractivity contribution in [3.8, 4) is 0 Å². The standard InChI is InChI=1S/C17H18N4/c1-2-5-12-8-10-13(11-9-12)19-16-14-6-3-4-7-15(14)20-17(18)21-16/h3-4,6-11H,2,5H2,1H3,(H3,18,19,20,21). The number of hydrogen-bond donors (Lipinski definition) is 2. The normalized spacial score (nSPS) is 10.7. The molecule has 0 aliphatic heterocycles. The quantitative estimate of drug-likeness (QED) is 0.759. The third kappa shape index (κ3) is 2.94. The maximum Gasteiger partial charge on any atom is 0.222 e. The van der Waals surface area contributed by atoms with Crippen LogP contribution in [-0.2, 0) is 6.42 Å². The van der Waals surface area contributed by atoms with Gasteiger partial charge in [-0.15, -0.1) is 0 Å². The Hall–Kier alpha value is -2.62. The molecule has 0 saturated carbocycles. The average Bonchev–Trinajstić information content (AvgIpc) is 2.49. The highest BCUT2D eigenvalue weighted by Crippen LogP contribution is 2.24. The molecule has 21 heavy (non-hydrogen) atoms. The summed E-state index contributed by atoms with van der Waals surface area (Å²) in [6.45, 7) is 2.18. The molecule has 0 radical (unpaired) electrons. The lowest BCUT2D eigenvalue weighted by molar-refractivity contribution is 0.922. The molecule has 3 aromatic rings. The van der Waals surface area contributed by atoms with Crippen LogP contribution in [0, 0.1) is 0 Å². The van der Waals surface area contributed by atoms with Crippen molar-refractivity contribution in [3.63, 3.8) is 0 Å². The van der Waals surface area contributed by atoms with Crippen LogP contribution < -0.4 is 11.1 Å². The number of fused-ring (bicyclic) bond motifs is 1. The lowest BCUT2D eigenvalue weighted by Gasteiger charge is -2.10. The van der Waals surface area contributed by atoms with Gasteiger partial charge < -0.3 is 11.1 Å². The maximum atomic E-state index is 5.78. The molecule has 2 aromatic carbocycles. The van der Waals surface area contributed by atoms with Crippen LogP contribution in [-0.4, -0.2) is 9.97 Å². The molecule has 3 N–H and O–H groups in total. The molecule has 0 spiro atoms. The molecular weight excluding hydrogens is 260 g/mol.